The van der Waals surface area contributed by atoms with Gasteiger partial charge in [-0.05, 0) is 6.92 Å². The predicted molar refractivity (Wildman–Crippen MR) is 85.9 cm³/mol. The smallest absolute Gasteiger partial charge is 0.232 e. The van der Waals surface area contributed by atoms with Crippen molar-refractivity contribution in [2.45, 2.75) is 6.92 Å². The van der Waals surface area contributed by atoms with Gasteiger partial charge in [-0.25, -0.2) is 19.6 Å². The second kappa shape index (κ2) is 5.92. The Labute approximate surface area is 140 Å². The summed E-state index contributed by atoms with van der Waals surface area (Å²) in [6.07, 6.45) is 4.49. The number of carbonyl (C=O) groups excluding carboxylic acids is 1. The van der Waals surface area contributed by atoms with Crippen LogP contribution in [-0.4, -0.2) is 53.9 Å². The Kier molecular flexibility index (Phi) is 3.61. The van der Waals surface area contributed by atoms with E-state index in [0.717, 1.165) is 10.8 Å². The summed E-state index contributed by atoms with van der Waals surface area (Å²) in [5.74, 6) is 1.24. The fourth-order valence-corrected chi connectivity index (χ4v) is 2.94. The molecule has 0 aromatic carbocycles. The number of nitrogens with zero attached hydrogens (tertiary/aromatic N) is 8. The van der Waals surface area contributed by atoms with Gasteiger partial charge >= 0.3 is 0 Å². The van der Waals surface area contributed by atoms with Crippen molar-refractivity contribution in [3.8, 4) is 5.82 Å². The Hall–Kier alpha value is -2.95. The average Bonchev–Trinajstić information content (AvgIpc) is 3.18. The minimum Gasteiger partial charge on any atom is -0.355 e. The third kappa shape index (κ3) is 2.80. The normalized spacial score (nSPS) is 14.5. The standard InChI is InChI=1S/C13H13N9OS/c1-8-19-20-13(24-8)18-12(23)9-3-21(4-9)10-2-11(16-6-15-10)22-7-14-5-17-22/h2,5-7,9H,3-4H2,1H3,(H,18,20,23). The Balaban J connectivity index is 1.39. The average molecular weight is 343 g/mol. The van der Waals surface area contributed by atoms with Crippen LogP contribution < -0.4 is 10.2 Å². The monoisotopic (exact) mass is 343 g/mol. The summed E-state index contributed by atoms with van der Waals surface area (Å²) >= 11 is 1.36. The number of hydrogen-bond acceptors (Lipinski definition) is 9. The van der Waals surface area contributed by atoms with Crippen molar-refractivity contribution in [1.82, 2.24) is 34.9 Å². The van der Waals surface area contributed by atoms with E-state index in [-0.39, 0.29) is 11.8 Å². The lowest BCUT2D eigenvalue weighted by Gasteiger charge is -2.38. The van der Waals surface area contributed by atoms with Crippen molar-refractivity contribution in [1.29, 1.82) is 0 Å². The summed E-state index contributed by atoms with van der Waals surface area (Å²) in [4.78, 5) is 26.5. The summed E-state index contributed by atoms with van der Waals surface area (Å²) in [6.45, 7) is 3.04. The fourth-order valence-electron chi connectivity index (χ4n) is 2.35. The summed E-state index contributed by atoms with van der Waals surface area (Å²) in [6, 6.07) is 1.82. The van der Waals surface area contributed by atoms with Crippen molar-refractivity contribution in [3.63, 3.8) is 0 Å². The summed E-state index contributed by atoms with van der Waals surface area (Å²) < 4.78 is 1.56. The number of nitrogens with one attached hydrogen (secondary N) is 1. The highest BCUT2D eigenvalue weighted by molar-refractivity contribution is 7.15. The lowest BCUT2D eigenvalue weighted by molar-refractivity contribution is -0.120. The number of hydrogen-bond donors (Lipinski definition) is 1. The van der Waals surface area contributed by atoms with Crippen LogP contribution in [-0.2, 0) is 4.79 Å². The van der Waals surface area contributed by atoms with Crippen LogP contribution in [0.5, 0.6) is 0 Å². The predicted octanol–water partition coefficient (Wildman–Crippen LogP) is 0.292. The van der Waals surface area contributed by atoms with Crippen LogP contribution in [0, 0.1) is 12.8 Å². The minimum atomic E-state index is -0.0982. The molecule has 0 radical (unpaired) electrons. The lowest BCUT2D eigenvalue weighted by Crippen LogP contribution is -2.52. The first-order chi connectivity index (χ1) is 11.7. The van der Waals surface area contributed by atoms with E-state index in [1.54, 1.807) is 11.0 Å². The number of amides is 1. The molecule has 0 saturated carbocycles. The van der Waals surface area contributed by atoms with E-state index in [2.05, 4.69) is 35.6 Å². The second-order valence-corrected chi connectivity index (χ2v) is 6.47. The molecule has 1 N–H and O–H groups in total. The van der Waals surface area contributed by atoms with Crippen LogP contribution in [0.4, 0.5) is 10.9 Å². The Morgan fingerprint density at radius 2 is 2.08 bits per heavy atom. The van der Waals surface area contributed by atoms with Crippen molar-refractivity contribution in [2.24, 2.45) is 5.92 Å². The highest BCUT2D eigenvalue weighted by atomic mass is 32.1. The van der Waals surface area contributed by atoms with Crippen LogP contribution >= 0.6 is 11.3 Å². The fraction of sp³-hybridized carbons (Fsp3) is 0.308. The molecule has 11 heteroatoms. The van der Waals surface area contributed by atoms with Gasteiger partial charge in [-0.3, -0.25) is 4.79 Å². The van der Waals surface area contributed by atoms with E-state index >= 15 is 0 Å². The molecule has 0 unspecified atom stereocenters. The molecule has 0 spiro atoms. The largest absolute Gasteiger partial charge is 0.355 e. The van der Waals surface area contributed by atoms with Gasteiger partial charge in [0.15, 0.2) is 5.82 Å². The molecule has 1 saturated heterocycles. The molecule has 0 aliphatic carbocycles. The van der Waals surface area contributed by atoms with E-state index in [4.69, 9.17) is 0 Å². The molecule has 0 atom stereocenters. The van der Waals surface area contributed by atoms with Crippen LogP contribution in [0.1, 0.15) is 5.01 Å². The molecule has 24 heavy (non-hydrogen) atoms. The van der Waals surface area contributed by atoms with Gasteiger partial charge in [0.05, 0.1) is 5.92 Å². The first kappa shape index (κ1) is 14.6. The van der Waals surface area contributed by atoms with Crippen LogP contribution in [0.3, 0.4) is 0 Å². The van der Waals surface area contributed by atoms with Crippen molar-refractivity contribution in [2.75, 3.05) is 23.3 Å². The van der Waals surface area contributed by atoms with Crippen molar-refractivity contribution in [3.05, 3.63) is 30.1 Å². The first-order valence-electron chi connectivity index (χ1n) is 7.22. The Bertz CT molecular complexity index is 856. The van der Waals surface area contributed by atoms with Gasteiger partial charge in [0, 0.05) is 19.2 Å². The highest BCUT2D eigenvalue weighted by Crippen LogP contribution is 2.25. The zero-order chi connectivity index (χ0) is 16.5. The van der Waals surface area contributed by atoms with Crippen LogP contribution in [0.25, 0.3) is 5.82 Å². The molecule has 122 valence electrons. The Morgan fingerprint density at radius 1 is 1.25 bits per heavy atom. The minimum absolute atomic E-state index is 0.0482. The maximum Gasteiger partial charge on any atom is 0.232 e. The van der Waals surface area contributed by atoms with E-state index < -0.39 is 0 Å². The van der Waals surface area contributed by atoms with E-state index in [9.17, 15) is 4.79 Å². The van der Waals surface area contributed by atoms with Crippen LogP contribution in [0.2, 0.25) is 0 Å². The van der Waals surface area contributed by atoms with Crippen molar-refractivity contribution < 1.29 is 4.79 Å². The quantitative estimate of drug-likeness (QED) is 0.719. The maximum atomic E-state index is 12.2. The van der Waals surface area contributed by atoms with Gasteiger partial charge in [0.1, 0.15) is 29.8 Å². The number of carbonyl (C=O) groups is 1. The number of aryl methyl sites for hydroxylation is 1. The molecule has 4 heterocycles. The molecule has 4 rings (SSSR count). The second-order valence-electron chi connectivity index (χ2n) is 5.29. The maximum absolute atomic E-state index is 12.2. The van der Waals surface area contributed by atoms with Gasteiger partial charge in [-0.1, -0.05) is 11.3 Å². The van der Waals surface area contributed by atoms with E-state index in [1.165, 1.54) is 24.0 Å². The molecule has 10 nitrogen and oxygen atoms in total. The van der Waals surface area contributed by atoms with Gasteiger partial charge < -0.3 is 10.2 Å². The molecular weight excluding hydrogens is 330 g/mol. The van der Waals surface area contributed by atoms with Gasteiger partial charge in [0.25, 0.3) is 0 Å². The molecule has 1 aliphatic heterocycles. The Morgan fingerprint density at radius 3 is 2.79 bits per heavy atom. The molecule has 1 fully saturated rings. The molecule has 1 aliphatic rings. The first-order valence-corrected chi connectivity index (χ1v) is 8.03. The molecule has 3 aromatic heterocycles. The SMILES string of the molecule is Cc1nnc(NC(=O)C2CN(c3cc(-n4cncn4)ncn3)C2)s1. The van der Waals surface area contributed by atoms with E-state index in [0.29, 0.717) is 24.0 Å². The number of anilines is 2. The zero-order valence-corrected chi connectivity index (χ0v) is 13.5. The lowest BCUT2D eigenvalue weighted by atomic mass is 9.99. The summed E-state index contributed by atoms with van der Waals surface area (Å²) in [7, 11) is 0. The van der Waals surface area contributed by atoms with Gasteiger partial charge in [0.2, 0.25) is 11.0 Å². The number of rotatable bonds is 4. The highest BCUT2D eigenvalue weighted by Gasteiger charge is 2.34. The van der Waals surface area contributed by atoms with E-state index in [1.807, 2.05) is 17.9 Å². The van der Waals surface area contributed by atoms with Crippen molar-refractivity contribution >= 4 is 28.2 Å². The van der Waals surface area contributed by atoms with Crippen LogP contribution in [0.15, 0.2) is 25.0 Å². The molecule has 3 aromatic rings. The summed E-state index contributed by atoms with van der Waals surface area (Å²) in [5, 5.41) is 16.0. The number of aromatic nitrogens is 7. The third-order valence-corrected chi connectivity index (χ3v) is 4.38. The summed E-state index contributed by atoms with van der Waals surface area (Å²) in [5.41, 5.74) is 0. The van der Waals surface area contributed by atoms with Gasteiger partial charge in [-0.15, -0.1) is 10.2 Å². The zero-order valence-electron chi connectivity index (χ0n) is 12.7. The topological polar surface area (TPSA) is 115 Å². The van der Waals surface area contributed by atoms with Gasteiger partial charge in [-0.2, -0.15) is 5.10 Å². The molecule has 1 amide bonds. The molecule has 0 bridgehead atoms. The molecular formula is C13H13N9OS. The third-order valence-electron chi connectivity index (χ3n) is 3.62.